The molecule has 0 radical (unpaired) electrons. The van der Waals surface area contributed by atoms with Crippen LogP contribution < -0.4 is 0 Å². The molecule has 0 saturated heterocycles. The van der Waals surface area contributed by atoms with Crippen LogP contribution >= 0.6 is 0 Å². The van der Waals surface area contributed by atoms with Gasteiger partial charge < -0.3 is 0 Å². The van der Waals surface area contributed by atoms with Crippen molar-refractivity contribution in [3.63, 3.8) is 0 Å². The molecular weight excluding hydrogens is 318 g/mol. The maximum Gasteiger partial charge on any atom is 0.395 e. The minimum atomic E-state index is -4.54. The summed E-state index contributed by atoms with van der Waals surface area (Å²) in [6.07, 6.45) is -11.0. The first-order valence-electron chi connectivity index (χ1n) is 6.13. The molecule has 0 aromatic carbocycles. The van der Waals surface area contributed by atoms with E-state index < -0.39 is 49.6 Å². The number of rotatable bonds is 9. The summed E-state index contributed by atoms with van der Waals surface area (Å²) in [6, 6.07) is 0. The molecule has 4 nitrogen and oxygen atoms in total. The Morgan fingerprint density at radius 2 is 1.05 bits per heavy atom. The summed E-state index contributed by atoms with van der Waals surface area (Å²) in [7, 11) is 0. The van der Waals surface area contributed by atoms with E-state index in [2.05, 4.69) is 9.98 Å². The number of ketones is 2. The minimum absolute atomic E-state index is 0.0588. The highest BCUT2D eigenvalue weighted by Gasteiger charge is 2.30. The Morgan fingerprint density at radius 1 is 0.727 bits per heavy atom. The Kier molecular flexibility index (Phi) is 8.58. The Balaban J connectivity index is 3.76. The van der Waals surface area contributed by atoms with Gasteiger partial charge in [0.2, 0.25) is 0 Å². The highest BCUT2D eigenvalue weighted by atomic mass is 19.4. The fraction of sp³-hybridized carbons (Fsp3) is 0.667. The van der Waals surface area contributed by atoms with E-state index >= 15 is 0 Å². The lowest BCUT2D eigenvalue weighted by atomic mass is 10.2. The first-order valence-corrected chi connectivity index (χ1v) is 6.13. The molecule has 0 fully saturated rings. The van der Waals surface area contributed by atoms with Gasteiger partial charge in [0, 0.05) is 25.3 Å². The van der Waals surface area contributed by atoms with Gasteiger partial charge in [-0.25, -0.2) is 0 Å². The number of Topliss-reactive ketones (excluding diaryl/α,β-unsaturated/α-hetero) is 2. The minimum Gasteiger partial charge on any atom is -0.299 e. The van der Waals surface area contributed by atoms with Gasteiger partial charge in [-0.05, 0) is 0 Å². The van der Waals surface area contributed by atoms with E-state index in [0.29, 0.717) is 0 Å². The van der Waals surface area contributed by atoms with E-state index in [1.54, 1.807) is 0 Å². The zero-order valence-corrected chi connectivity index (χ0v) is 11.4. The third-order valence-electron chi connectivity index (χ3n) is 2.05. The van der Waals surface area contributed by atoms with Crippen LogP contribution in [0.4, 0.5) is 26.3 Å². The zero-order chi connectivity index (χ0) is 17.2. The van der Waals surface area contributed by atoms with Crippen LogP contribution in [0, 0.1) is 0 Å². The molecule has 0 unspecified atom stereocenters. The van der Waals surface area contributed by atoms with E-state index in [-0.39, 0.29) is 13.1 Å². The van der Waals surface area contributed by atoms with Crippen molar-refractivity contribution >= 4 is 24.0 Å². The number of nitrogens with zero attached hydrogens (tertiary/aromatic N) is 2. The van der Waals surface area contributed by atoms with Gasteiger partial charge in [-0.1, -0.05) is 0 Å². The van der Waals surface area contributed by atoms with Crippen molar-refractivity contribution in [2.45, 2.75) is 38.0 Å². The first kappa shape index (κ1) is 20.3. The van der Waals surface area contributed by atoms with Crippen molar-refractivity contribution in [3.8, 4) is 0 Å². The maximum atomic E-state index is 11.8. The van der Waals surface area contributed by atoms with Gasteiger partial charge in [-0.15, -0.1) is 0 Å². The van der Waals surface area contributed by atoms with Crippen LogP contribution in [0.3, 0.4) is 0 Å². The zero-order valence-electron chi connectivity index (χ0n) is 11.4. The van der Waals surface area contributed by atoms with Crippen LogP contribution in [0.5, 0.6) is 0 Å². The van der Waals surface area contributed by atoms with E-state index in [1.807, 2.05) is 0 Å². The van der Waals surface area contributed by atoms with Gasteiger partial charge in [0.1, 0.15) is 24.4 Å². The molecule has 0 aliphatic carbocycles. The van der Waals surface area contributed by atoms with Gasteiger partial charge in [0.15, 0.2) is 0 Å². The molecule has 0 aromatic heterocycles. The lowest BCUT2D eigenvalue weighted by Crippen LogP contribution is -2.15. The Bertz CT molecular complexity index is 386. The lowest BCUT2D eigenvalue weighted by molar-refractivity contribution is -0.153. The SMILES string of the molecule is O=C(CC=NCCN=CCC(=O)CC(F)(F)F)CC(F)(F)F. The predicted molar refractivity (Wildman–Crippen MR) is 67.3 cm³/mol. The third-order valence-corrected chi connectivity index (χ3v) is 2.05. The van der Waals surface area contributed by atoms with Gasteiger partial charge in [0.25, 0.3) is 0 Å². The Hall–Kier alpha value is -1.74. The quantitative estimate of drug-likeness (QED) is 0.370. The van der Waals surface area contributed by atoms with Gasteiger partial charge >= 0.3 is 12.4 Å². The molecule has 0 aliphatic heterocycles. The van der Waals surface area contributed by atoms with Crippen LogP contribution in [0.2, 0.25) is 0 Å². The lowest BCUT2D eigenvalue weighted by Gasteiger charge is -2.02. The molecular formula is C12H14F6N2O2. The molecule has 0 saturated carbocycles. The van der Waals surface area contributed by atoms with E-state index in [1.165, 1.54) is 0 Å². The highest BCUT2D eigenvalue weighted by molar-refractivity contribution is 5.92. The predicted octanol–water partition coefficient (Wildman–Crippen LogP) is 2.95. The number of hydrogen-bond donors (Lipinski definition) is 0. The maximum absolute atomic E-state index is 11.8. The Labute approximate surface area is 122 Å². The molecule has 0 bridgehead atoms. The van der Waals surface area contributed by atoms with Crippen molar-refractivity contribution in [1.29, 1.82) is 0 Å². The molecule has 10 heteroatoms. The summed E-state index contributed by atoms with van der Waals surface area (Å²) in [6.45, 7) is 0.118. The van der Waals surface area contributed by atoms with Crippen molar-refractivity contribution in [2.75, 3.05) is 13.1 Å². The molecule has 0 N–H and O–H groups in total. The topological polar surface area (TPSA) is 58.9 Å². The van der Waals surface area contributed by atoms with Gasteiger partial charge in [0.05, 0.1) is 13.1 Å². The molecule has 126 valence electrons. The number of halogens is 6. The van der Waals surface area contributed by atoms with E-state index in [9.17, 15) is 35.9 Å². The standard InChI is InChI=1S/C12H14F6N2O2/c13-11(14,15)7-9(21)1-3-19-5-6-20-4-2-10(22)8-12(16,17)18/h3-4H,1-2,5-8H2. The monoisotopic (exact) mass is 332 g/mol. The molecule has 0 aliphatic rings. The molecule has 0 rings (SSSR count). The van der Waals surface area contributed by atoms with E-state index in [4.69, 9.17) is 0 Å². The molecule has 0 spiro atoms. The first-order chi connectivity index (χ1) is 9.99. The van der Waals surface area contributed by atoms with Gasteiger partial charge in [-0.2, -0.15) is 26.3 Å². The van der Waals surface area contributed by atoms with E-state index in [0.717, 1.165) is 12.4 Å². The number of aliphatic imine (C=N–C) groups is 2. The van der Waals surface area contributed by atoms with Crippen molar-refractivity contribution in [2.24, 2.45) is 9.98 Å². The molecule has 0 atom stereocenters. The highest BCUT2D eigenvalue weighted by Crippen LogP contribution is 2.20. The summed E-state index contributed by atoms with van der Waals surface area (Å²) in [5.41, 5.74) is 0. The molecule has 0 amide bonds. The van der Waals surface area contributed by atoms with Gasteiger partial charge in [-0.3, -0.25) is 19.6 Å². The number of carbonyl (C=O) groups is 2. The van der Waals surface area contributed by atoms with Crippen LogP contribution in [-0.2, 0) is 9.59 Å². The summed E-state index contributed by atoms with van der Waals surface area (Å²) >= 11 is 0. The largest absolute Gasteiger partial charge is 0.395 e. The van der Waals surface area contributed by atoms with Crippen molar-refractivity contribution in [3.05, 3.63) is 0 Å². The third kappa shape index (κ3) is 14.7. The molecule has 22 heavy (non-hydrogen) atoms. The summed E-state index contributed by atoms with van der Waals surface area (Å²) in [5, 5.41) is 0. The number of alkyl halides is 6. The number of hydrogen-bond acceptors (Lipinski definition) is 4. The normalized spacial score (nSPS) is 13.2. The van der Waals surface area contributed by atoms with Crippen LogP contribution in [0.1, 0.15) is 25.7 Å². The summed E-state index contributed by atoms with van der Waals surface area (Å²) < 4.78 is 70.8. The van der Waals surface area contributed by atoms with Crippen molar-refractivity contribution < 1.29 is 35.9 Å². The summed E-state index contributed by atoms with van der Waals surface area (Å²) in [5.74, 6) is -2.03. The smallest absolute Gasteiger partial charge is 0.299 e. The van der Waals surface area contributed by atoms with Crippen LogP contribution in [0.15, 0.2) is 9.98 Å². The molecule has 0 heterocycles. The summed E-state index contributed by atoms with van der Waals surface area (Å²) in [4.78, 5) is 28.9. The van der Waals surface area contributed by atoms with Crippen molar-refractivity contribution in [1.82, 2.24) is 0 Å². The second kappa shape index (κ2) is 9.31. The molecule has 0 aromatic rings. The van der Waals surface area contributed by atoms with Crippen LogP contribution in [0.25, 0.3) is 0 Å². The fourth-order valence-electron chi connectivity index (χ4n) is 1.22. The fourth-order valence-corrected chi connectivity index (χ4v) is 1.22. The second-order valence-corrected chi connectivity index (χ2v) is 4.25. The number of carbonyl (C=O) groups excluding carboxylic acids is 2. The average molecular weight is 332 g/mol. The Morgan fingerprint density at radius 3 is 1.32 bits per heavy atom. The average Bonchev–Trinajstić information content (AvgIpc) is 2.27. The van der Waals surface area contributed by atoms with Crippen LogP contribution in [-0.4, -0.2) is 49.4 Å². The second-order valence-electron chi connectivity index (χ2n) is 4.25.